The number of ketones is 1. The van der Waals surface area contributed by atoms with Crippen LogP contribution in [0.25, 0.3) is 0 Å². The second kappa shape index (κ2) is 4.43. The average Bonchev–Trinajstić information content (AvgIpc) is 1.86. The third kappa shape index (κ3) is 4.89. The van der Waals surface area contributed by atoms with Crippen LogP contribution in [0, 0.1) is 0 Å². The third-order valence-electron chi connectivity index (χ3n) is 0.762. The molecule has 11 heavy (non-hydrogen) atoms. The molecule has 0 rings (SSSR count). The van der Waals surface area contributed by atoms with Crippen molar-refractivity contribution in [3.8, 4) is 0 Å². The molecule has 0 spiro atoms. The van der Waals surface area contributed by atoms with Crippen LogP contribution in [0.4, 0.5) is 8.78 Å². The molecule has 64 valence electrons. The Hall–Kier alpha value is -0.450. The highest BCUT2D eigenvalue weighted by molar-refractivity contribution is 9.10. The lowest BCUT2D eigenvalue weighted by atomic mass is 10.4. The Morgan fingerprint density at radius 3 is 2.64 bits per heavy atom. The predicted octanol–water partition coefficient (Wildman–Crippen LogP) is 2.09. The number of carbonyl (C=O) groups excluding carboxylic acids is 1. The van der Waals surface area contributed by atoms with E-state index in [1.807, 2.05) is 15.9 Å². The van der Waals surface area contributed by atoms with Crippen molar-refractivity contribution < 1.29 is 18.3 Å². The van der Waals surface area contributed by atoms with E-state index in [1.54, 1.807) is 6.92 Å². The molecule has 0 aliphatic carbocycles. The van der Waals surface area contributed by atoms with Crippen molar-refractivity contribution in [3.63, 3.8) is 0 Å². The Bertz CT molecular complexity index is 162. The van der Waals surface area contributed by atoms with Gasteiger partial charge in [-0.1, -0.05) is 0 Å². The van der Waals surface area contributed by atoms with Gasteiger partial charge in [0.05, 0.1) is 12.9 Å². The Morgan fingerprint density at radius 1 is 1.73 bits per heavy atom. The molecule has 0 saturated carbocycles. The Balaban J connectivity index is 3.88. The second-order valence-corrected chi connectivity index (χ2v) is 2.62. The van der Waals surface area contributed by atoms with Gasteiger partial charge in [-0.05, 0) is 22.9 Å². The lowest BCUT2D eigenvalue weighted by Gasteiger charge is -2.01. The number of hydrogen-bond acceptors (Lipinski definition) is 2. The van der Waals surface area contributed by atoms with Crippen LogP contribution in [-0.4, -0.2) is 17.2 Å². The number of hydrogen-bond donors (Lipinski definition) is 0. The summed E-state index contributed by atoms with van der Waals surface area (Å²) < 4.78 is 28.6. The van der Waals surface area contributed by atoms with Gasteiger partial charge in [-0.25, -0.2) is 0 Å². The smallest absolute Gasteiger partial charge is 0.362 e. The van der Waals surface area contributed by atoms with E-state index in [0.29, 0.717) is 12.7 Å². The van der Waals surface area contributed by atoms with Crippen LogP contribution in [0.3, 0.4) is 0 Å². The van der Waals surface area contributed by atoms with Gasteiger partial charge in [-0.3, -0.25) is 4.79 Å². The summed E-state index contributed by atoms with van der Waals surface area (Å²) in [6.07, 6.45) is 1.62. The number of ether oxygens (including phenoxy) is 1. The summed E-state index contributed by atoms with van der Waals surface area (Å²) in [4.78, 5) is 6.89. The largest absolute Gasteiger partial charge is 0.501 e. The molecule has 0 aromatic rings. The van der Waals surface area contributed by atoms with Crippen molar-refractivity contribution in [1.82, 2.24) is 0 Å². The van der Waals surface area contributed by atoms with E-state index < -0.39 is 10.6 Å². The Labute approximate surface area is 71.3 Å². The molecule has 0 aliphatic heterocycles. The topological polar surface area (TPSA) is 26.3 Å². The molecular formula is C6H7BrF2O2. The second-order valence-electron chi connectivity index (χ2n) is 1.62. The molecule has 0 heterocycles. The summed E-state index contributed by atoms with van der Waals surface area (Å²) in [5, 5.41) is 0. The van der Waals surface area contributed by atoms with Crippen LogP contribution in [0.1, 0.15) is 6.92 Å². The predicted molar refractivity (Wildman–Crippen MR) is 39.6 cm³/mol. The SMILES string of the molecule is CCOC=CC(=O)C(F)(F)Br. The van der Waals surface area contributed by atoms with Crippen molar-refractivity contribution in [2.45, 2.75) is 11.8 Å². The van der Waals surface area contributed by atoms with Crippen molar-refractivity contribution in [1.29, 1.82) is 0 Å². The van der Waals surface area contributed by atoms with Crippen molar-refractivity contribution >= 4 is 21.7 Å². The molecule has 0 radical (unpaired) electrons. The summed E-state index contributed by atoms with van der Waals surface area (Å²) in [5.41, 5.74) is 0. The lowest BCUT2D eigenvalue weighted by Crippen LogP contribution is -2.17. The Morgan fingerprint density at radius 2 is 2.27 bits per heavy atom. The zero-order chi connectivity index (χ0) is 8.91. The molecule has 0 saturated heterocycles. The third-order valence-corrected chi connectivity index (χ3v) is 1.15. The van der Waals surface area contributed by atoms with Crippen LogP contribution >= 0.6 is 15.9 Å². The van der Waals surface area contributed by atoms with E-state index in [-0.39, 0.29) is 0 Å². The molecule has 0 fully saturated rings. The maximum atomic E-state index is 12.0. The van der Waals surface area contributed by atoms with Gasteiger partial charge in [0, 0.05) is 6.08 Å². The molecule has 2 nitrogen and oxygen atoms in total. The van der Waals surface area contributed by atoms with Crippen LogP contribution < -0.4 is 0 Å². The number of allylic oxidation sites excluding steroid dienone is 1. The number of carbonyl (C=O) groups is 1. The van der Waals surface area contributed by atoms with Gasteiger partial charge in [-0.15, -0.1) is 0 Å². The van der Waals surface area contributed by atoms with E-state index in [9.17, 15) is 13.6 Å². The molecule has 0 atom stereocenters. The van der Waals surface area contributed by atoms with E-state index >= 15 is 0 Å². The van der Waals surface area contributed by atoms with E-state index in [2.05, 4.69) is 4.74 Å². The molecule has 5 heteroatoms. The lowest BCUT2D eigenvalue weighted by molar-refractivity contribution is -0.126. The first kappa shape index (κ1) is 10.6. The molecule has 0 aliphatic rings. The first-order valence-corrected chi connectivity index (χ1v) is 3.67. The summed E-state index contributed by atoms with van der Waals surface area (Å²) in [7, 11) is 0. The fourth-order valence-electron chi connectivity index (χ4n) is 0.301. The van der Waals surface area contributed by atoms with Crippen LogP contribution in [-0.2, 0) is 9.53 Å². The van der Waals surface area contributed by atoms with Gasteiger partial charge >= 0.3 is 4.83 Å². The molecule has 0 N–H and O–H groups in total. The van der Waals surface area contributed by atoms with Crippen molar-refractivity contribution in [3.05, 3.63) is 12.3 Å². The van der Waals surface area contributed by atoms with Crippen molar-refractivity contribution in [2.75, 3.05) is 6.61 Å². The highest BCUT2D eigenvalue weighted by atomic mass is 79.9. The highest BCUT2D eigenvalue weighted by Crippen LogP contribution is 2.22. The van der Waals surface area contributed by atoms with E-state index in [1.165, 1.54) is 0 Å². The first-order valence-electron chi connectivity index (χ1n) is 2.87. The summed E-state index contributed by atoms with van der Waals surface area (Å²) >= 11 is 1.91. The van der Waals surface area contributed by atoms with E-state index in [0.717, 1.165) is 6.26 Å². The first-order chi connectivity index (χ1) is 4.98. The van der Waals surface area contributed by atoms with Crippen molar-refractivity contribution in [2.24, 2.45) is 0 Å². The fourth-order valence-corrected chi connectivity index (χ4v) is 0.433. The molecule has 0 amide bonds. The maximum Gasteiger partial charge on any atom is 0.362 e. The zero-order valence-corrected chi connectivity index (χ0v) is 7.40. The molecule has 0 aromatic carbocycles. The van der Waals surface area contributed by atoms with Gasteiger partial charge in [0.15, 0.2) is 0 Å². The van der Waals surface area contributed by atoms with Crippen LogP contribution in [0.15, 0.2) is 12.3 Å². The normalized spacial score (nSPS) is 12.0. The van der Waals surface area contributed by atoms with Gasteiger partial charge in [-0.2, -0.15) is 8.78 Å². The minimum absolute atomic E-state index is 0.345. The standard InChI is InChI=1S/C6H7BrF2O2/c1-2-11-4-3-5(10)6(7,8)9/h3-4H,2H2,1H3. The molecule has 0 aromatic heterocycles. The van der Waals surface area contributed by atoms with Gasteiger partial charge < -0.3 is 4.74 Å². The molecular weight excluding hydrogens is 222 g/mol. The quantitative estimate of drug-likeness (QED) is 0.419. The van der Waals surface area contributed by atoms with Gasteiger partial charge in [0.25, 0.3) is 0 Å². The number of rotatable bonds is 4. The summed E-state index contributed by atoms with van der Waals surface area (Å²) in [6.45, 7) is 2.03. The zero-order valence-electron chi connectivity index (χ0n) is 5.81. The molecule has 0 bridgehead atoms. The highest BCUT2D eigenvalue weighted by Gasteiger charge is 2.32. The van der Waals surface area contributed by atoms with Gasteiger partial charge in [0.2, 0.25) is 5.78 Å². The molecule has 0 unspecified atom stereocenters. The summed E-state index contributed by atoms with van der Waals surface area (Å²) in [5.74, 6) is -1.33. The minimum Gasteiger partial charge on any atom is -0.501 e. The van der Waals surface area contributed by atoms with E-state index in [4.69, 9.17) is 0 Å². The number of alkyl halides is 3. The average molecular weight is 229 g/mol. The monoisotopic (exact) mass is 228 g/mol. The fraction of sp³-hybridized carbons (Fsp3) is 0.500. The van der Waals surface area contributed by atoms with Crippen LogP contribution in [0.2, 0.25) is 0 Å². The van der Waals surface area contributed by atoms with Gasteiger partial charge in [0.1, 0.15) is 0 Å². The minimum atomic E-state index is -3.49. The number of halogens is 3. The maximum absolute atomic E-state index is 12.0. The Kier molecular flexibility index (Phi) is 4.25. The summed E-state index contributed by atoms with van der Waals surface area (Å²) in [6, 6.07) is 0. The van der Waals surface area contributed by atoms with Crippen LogP contribution in [0.5, 0.6) is 0 Å².